The Kier molecular flexibility index (Phi) is 3.12. The molecule has 0 unspecified atom stereocenters. The first-order valence-corrected chi connectivity index (χ1v) is 5.27. The van der Waals surface area contributed by atoms with Crippen LogP contribution in [0.5, 0.6) is 0 Å². The number of nitrogens with zero attached hydrogens (tertiary/aromatic N) is 2. The zero-order chi connectivity index (χ0) is 14.0. The molecule has 0 saturated carbocycles. The molecule has 0 radical (unpaired) electrons. The molecule has 5 nitrogen and oxygen atoms in total. The molecule has 0 aromatic heterocycles. The maximum Gasteiger partial charge on any atom is 0.292 e. The summed E-state index contributed by atoms with van der Waals surface area (Å²) in [6.45, 7) is 0. The molecule has 0 aliphatic carbocycles. The number of hydrogen-bond acceptors (Lipinski definition) is 4. The van der Waals surface area contributed by atoms with Crippen LogP contribution in [0, 0.1) is 27.3 Å². The highest BCUT2D eigenvalue weighted by molar-refractivity contribution is 5.72. The van der Waals surface area contributed by atoms with Gasteiger partial charge in [0.25, 0.3) is 5.69 Å². The van der Waals surface area contributed by atoms with Gasteiger partial charge >= 0.3 is 0 Å². The largest absolute Gasteiger partial charge is 0.393 e. The van der Waals surface area contributed by atoms with E-state index >= 15 is 0 Å². The van der Waals surface area contributed by atoms with Crippen molar-refractivity contribution in [3.63, 3.8) is 0 Å². The highest BCUT2D eigenvalue weighted by Gasteiger charge is 2.14. The van der Waals surface area contributed by atoms with E-state index in [1.807, 2.05) is 6.07 Å². The van der Waals surface area contributed by atoms with Crippen LogP contribution in [0.15, 0.2) is 36.4 Å². The van der Waals surface area contributed by atoms with Crippen LogP contribution in [0.1, 0.15) is 5.56 Å². The quantitative estimate of drug-likeness (QED) is 0.508. The molecule has 0 aliphatic rings. The average Bonchev–Trinajstić information content (AvgIpc) is 2.39. The molecule has 19 heavy (non-hydrogen) atoms. The van der Waals surface area contributed by atoms with Gasteiger partial charge in [0.1, 0.15) is 11.5 Å². The lowest BCUT2D eigenvalue weighted by atomic mass is 10.0. The van der Waals surface area contributed by atoms with Crippen LogP contribution >= 0.6 is 0 Å². The number of benzene rings is 2. The summed E-state index contributed by atoms with van der Waals surface area (Å²) in [4.78, 5) is 10.2. The van der Waals surface area contributed by atoms with Gasteiger partial charge in [-0.05, 0) is 23.8 Å². The number of nitro benzene ring substituents is 1. The van der Waals surface area contributed by atoms with E-state index in [1.165, 1.54) is 30.3 Å². The van der Waals surface area contributed by atoms with Gasteiger partial charge in [-0.1, -0.05) is 12.1 Å². The van der Waals surface area contributed by atoms with E-state index in [0.717, 1.165) is 6.07 Å². The lowest BCUT2D eigenvalue weighted by Gasteiger charge is -2.05. The van der Waals surface area contributed by atoms with E-state index in [0.29, 0.717) is 5.56 Å². The van der Waals surface area contributed by atoms with Crippen LogP contribution in [0.3, 0.4) is 0 Å². The molecule has 0 bridgehead atoms. The van der Waals surface area contributed by atoms with Crippen molar-refractivity contribution in [3.05, 3.63) is 57.9 Å². The van der Waals surface area contributed by atoms with Crippen molar-refractivity contribution >= 4 is 11.4 Å². The summed E-state index contributed by atoms with van der Waals surface area (Å²) in [5.74, 6) is -0.613. The van der Waals surface area contributed by atoms with Crippen LogP contribution in [-0.4, -0.2) is 4.92 Å². The summed E-state index contributed by atoms with van der Waals surface area (Å²) >= 11 is 0. The molecule has 0 atom stereocenters. The Morgan fingerprint density at radius 2 is 2.00 bits per heavy atom. The first kappa shape index (κ1) is 12.5. The van der Waals surface area contributed by atoms with Crippen molar-refractivity contribution in [2.75, 3.05) is 5.73 Å². The Hall–Kier alpha value is -2.94. The van der Waals surface area contributed by atoms with Gasteiger partial charge in [-0.25, -0.2) is 4.39 Å². The van der Waals surface area contributed by atoms with Crippen molar-refractivity contribution in [3.8, 4) is 17.2 Å². The Labute approximate surface area is 107 Å². The molecule has 2 rings (SSSR count). The highest BCUT2D eigenvalue weighted by atomic mass is 19.1. The third-order valence-electron chi connectivity index (χ3n) is 2.64. The number of nitrogens with two attached hydrogens (primary N) is 1. The summed E-state index contributed by atoms with van der Waals surface area (Å²) in [5, 5.41) is 19.4. The summed E-state index contributed by atoms with van der Waals surface area (Å²) in [5.41, 5.74) is 5.92. The number of hydrogen-bond donors (Lipinski definition) is 1. The molecule has 0 spiro atoms. The Bertz CT molecular complexity index is 708. The Balaban J connectivity index is 2.57. The number of rotatable bonds is 2. The molecule has 0 amide bonds. The zero-order valence-corrected chi connectivity index (χ0v) is 9.63. The van der Waals surface area contributed by atoms with Crippen LogP contribution < -0.4 is 5.73 Å². The normalized spacial score (nSPS) is 9.89. The van der Waals surface area contributed by atoms with Gasteiger partial charge in [0.05, 0.1) is 16.6 Å². The molecule has 2 aromatic rings. The molecular formula is C13H8FN3O2. The fraction of sp³-hybridized carbons (Fsp3) is 0. The van der Waals surface area contributed by atoms with Crippen molar-refractivity contribution in [1.29, 1.82) is 5.26 Å². The van der Waals surface area contributed by atoms with E-state index < -0.39 is 10.7 Å². The maximum atomic E-state index is 13.8. The Morgan fingerprint density at radius 3 is 2.58 bits per heavy atom. The van der Waals surface area contributed by atoms with Gasteiger partial charge in [0.2, 0.25) is 0 Å². The summed E-state index contributed by atoms with van der Waals surface area (Å²) in [6, 6.07) is 9.80. The number of halogens is 1. The van der Waals surface area contributed by atoms with E-state index in [4.69, 9.17) is 11.0 Å². The summed E-state index contributed by atoms with van der Waals surface area (Å²) < 4.78 is 13.8. The Morgan fingerprint density at radius 1 is 1.26 bits per heavy atom. The summed E-state index contributed by atoms with van der Waals surface area (Å²) in [6.07, 6.45) is 0. The molecule has 0 heterocycles. The molecular weight excluding hydrogens is 249 g/mol. The second-order valence-corrected chi connectivity index (χ2v) is 3.84. The minimum atomic E-state index is -0.625. The van der Waals surface area contributed by atoms with Gasteiger partial charge in [-0.2, -0.15) is 5.26 Å². The average molecular weight is 257 g/mol. The van der Waals surface area contributed by atoms with Crippen molar-refractivity contribution < 1.29 is 9.31 Å². The maximum absolute atomic E-state index is 13.8. The molecule has 94 valence electrons. The van der Waals surface area contributed by atoms with Crippen LogP contribution in [-0.2, 0) is 0 Å². The fourth-order valence-electron chi connectivity index (χ4n) is 1.69. The predicted octanol–water partition coefficient (Wildman–Crippen LogP) is 2.85. The molecule has 0 saturated heterocycles. The fourth-order valence-corrected chi connectivity index (χ4v) is 1.69. The molecule has 0 fully saturated rings. The first-order chi connectivity index (χ1) is 9.02. The molecule has 0 aliphatic heterocycles. The number of nitriles is 1. The third kappa shape index (κ3) is 2.35. The lowest BCUT2D eigenvalue weighted by molar-refractivity contribution is -0.383. The van der Waals surface area contributed by atoms with Crippen molar-refractivity contribution in [2.24, 2.45) is 0 Å². The number of anilines is 1. The van der Waals surface area contributed by atoms with Gasteiger partial charge in [-0.15, -0.1) is 0 Å². The molecule has 6 heteroatoms. The van der Waals surface area contributed by atoms with Crippen molar-refractivity contribution in [2.45, 2.75) is 0 Å². The summed E-state index contributed by atoms with van der Waals surface area (Å²) in [7, 11) is 0. The first-order valence-electron chi connectivity index (χ1n) is 5.27. The SMILES string of the molecule is N#Cc1ccc(-c2ccc(N)c([N+](=O)[O-])c2)c(F)c1. The third-order valence-corrected chi connectivity index (χ3v) is 2.64. The number of nitro groups is 1. The monoisotopic (exact) mass is 257 g/mol. The predicted molar refractivity (Wildman–Crippen MR) is 67.6 cm³/mol. The van der Waals surface area contributed by atoms with Crippen LogP contribution in [0.2, 0.25) is 0 Å². The molecule has 2 aromatic carbocycles. The van der Waals surface area contributed by atoms with E-state index in [-0.39, 0.29) is 22.5 Å². The second kappa shape index (κ2) is 4.74. The van der Waals surface area contributed by atoms with Crippen molar-refractivity contribution in [1.82, 2.24) is 0 Å². The van der Waals surface area contributed by atoms with Gasteiger partial charge in [0.15, 0.2) is 0 Å². The van der Waals surface area contributed by atoms with E-state index in [1.54, 1.807) is 0 Å². The molecule has 2 N–H and O–H groups in total. The van der Waals surface area contributed by atoms with Gasteiger partial charge < -0.3 is 5.73 Å². The van der Waals surface area contributed by atoms with E-state index in [9.17, 15) is 14.5 Å². The lowest BCUT2D eigenvalue weighted by Crippen LogP contribution is -1.96. The zero-order valence-electron chi connectivity index (χ0n) is 9.63. The minimum Gasteiger partial charge on any atom is -0.393 e. The number of nitrogen functional groups attached to an aromatic ring is 1. The smallest absolute Gasteiger partial charge is 0.292 e. The van der Waals surface area contributed by atoms with Crippen LogP contribution in [0.4, 0.5) is 15.8 Å². The van der Waals surface area contributed by atoms with Crippen LogP contribution in [0.25, 0.3) is 11.1 Å². The topological polar surface area (TPSA) is 93.0 Å². The van der Waals surface area contributed by atoms with Gasteiger partial charge in [0, 0.05) is 11.6 Å². The second-order valence-electron chi connectivity index (χ2n) is 3.84. The van der Waals surface area contributed by atoms with E-state index in [2.05, 4.69) is 0 Å². The van der Waals surface area contributed by atoms with Gasteiger partial charge in [-0.3, -0.25) is 10.1 Å². The standard InChI is InChI=1S/C13H8FN3O2/c14-11-5-8(7-15)1-3-10(11)9-2-4-12(16)13(6-9)17(18)19/h1-6H,16H2. The minimum absolute atomic E-state index is 0.0165. The highest BCUT2D eigenvalue weighted by Crippen LogP contribution is 2.30.